The zero-order chi connectivity index (χ0) is 22.5. The van der Waals surface area contributed by atoms with Gasteiger partial charge in [-0.15, -0.1) is 0 Å². The molecule has 0 radical (unpaired) electrons. The van der Waals surface area contributed by atoms with Crippen LogP contribution in [0.4, 0.5) is 0 Å². The molecule has 1 atom stereocenters. The summed E-state index contributed by atoms with van der Waals surface area (Å²) < 4.78 is 0. The van der Waals surface area contributed by atoms with Crippen molar-refractivity contribution in [2.75, 3.05) is 6.54 Å². The number of aryl methyl sites for hydroxylation is 1. The van der Waals surface area contributed by atoms with Crippen molar-refractivity contribution in [2.24, 2.45) is 11.3 Å². The predicted molar refractivity (Wildman–Crippen MR) is 118 cm³/mol. The van der Waals surface area contributed by atoms with E-state index in [9.17, 15) is 14.4 Å². The molecule has 2 heterocycles. The average Bonchev–Trinajstić information content (AvgIpc) is 3.27. The normalized spacial score (nSPS) is 19.4. The summed E-state index contributed by atoms with van der Waals surface area (Å²) in [6, 6.07) is 2.16. The Bertz CT molecular complexity index is 861. The van der Waals surface area contributed by atoms with E-state index in [4.69, 9.17) is 0 Å². The zero-order valence-electron chi connectivity index (χ0n) is 19.1. The summed E-state index contributed by atoms with van der Waals surface area (Å²) in [5.74, 6) is -0.731. The molecule has 0 bridgehead atoms. The van der Waals surface area contributed by atoms with E-state index < -0.39 is 0 Å². The highest BCUT2D eigenvalue weighted by atomic mass is 16.2. The van der Waals surface area contributed by atoms with Crippen molar-refractivity contribution in [2.45, 2.75) is 67.2 Å². The van der Waals surface area contributed by atoms with E-state index in [1.165, 1.54) is 17.4 Å². The Morgan fingerprint density at radius 1 is 1.27 bits per heavy atom. The summed E-state index contributed by atoms with van der Waals surface area (Å²) in [6.45, 7) is 11.7. The molecule has 1 saturated heterocycles. The van der Waals surface area contributed by atoms with Crippen molar-refractivity contribution < 1.29 is 14.4 Å². The fourth-order valence-electron chi connectivity index (χ4n) is 4.21. The van der Waals surface area contributed by atoms with Crippen molar-refractivity contribution in [1.82, 2.24) is 15.2 Å². The molecule has 1 aliphatic rings. The number of aromatic nitrogens is 1. The summed E-state index contributed by atoms with van der Waals surface area (Å²) in [7, 11) is 0. The molecule has 0 saturated carbocycles. The Hall–Kier alpha value is -2.63. The number of nitrogens with one attached hydrogen (secondary N) is 2. The number of imide groups is 1. The van der Waals surface area contributed by atoms with Crippen molar-refractivity contribution in [3.63, 3.8) is 0 Å². The van der Waals surface area contributed by atoms with Gasteiger partial charge in [0.1, 0.15) is 0 Å². The molecular formula is C24H35N3O3. The Kier molecular flexibility index (Phi) is 7.82. The van der Waals surface area contributed by atoms with Crippen LogP contribution in [-0.2, 0) is 27.2 Å². The van der Waals surface area contributed by atoms with Crippen LogP contribution in [0, 0.1) is 11.3 Å². The molecular weight excluding hydrogens is 378 g/mol. The molecule has 1 fully saturated rings. The number of aromatic amines is 1. The minimum Gasteiger partial charge on any atom is -0.365 e. The number of rotatable bonds is 8. The molecule has 164 valence electrons. The lowest BCUT2D eigenvalue weighted by Gasteiger charge is -2.30. The van der Waals surface area contributed by atoms with Crippen LogP contribution in [0.3, 0.4) is 0 Å². The van der Waals surface area contributed by atoms with Crippen LogP contribution in [-0.4, -0.2) is 34.2 Å². The van der Waals surface area contributed by atoms with E-state index in [1.54, 1.807) is 6.92 Å². The van der Waals surface area contributed by atoms with Gasteiger partial charge in [-0.3, -0.25) is 19.3 Å². The molecule has 6 heteroatoms. The third-order valence-corrected chi connectivity index (χ3v) is 5.77. The van der Waals surface area contributed by atoms with Crippen LogP contribution in [0.15, 0.2) is 35.7 Å². The second-order valence-corrected chi connectivity index (χ2v) is 8.54. The van der Waals surface area contributed by atoms with E-state index in [2.05, 4.69) is 37.1 Å². The maximum absolute atomic E-state index is 12.9. The van der Waals surface area contributed by atoms with Crippen LogP contribution >= 0.6 is 0 Å². The van der Waals surface area contributed by atoms with Gasteiger partial charge in [0.05, 0.1) is 5.92 Å². The first-order valence-electron chi connectivity index (χ1n) is 10.8. The van der Waals surface area contributed by atoms with Crippen LogP contribution in [0.5, 0.6) is 0 Å². The number of carbonyl (C=O) groups is 3. The van der Waals surface area contributed by atoms with E-state index in [0.29, 0.717) is 19.4 Å². The fraction of sp³-hybridized carbons (Fsp3) is 0.542. The molecule has 1 aliphatic heterocycles. The van der Waals surface area contributed by atoms with Crippen molar-refractivity contribution >= 4 is 17.7 Å². The minimum atomic E-state index is -0.309. The molecule has 2 rings (SSSR count). The second-order valence-electron chi connectivity index (χ2n) is 8.54. The summed E-state index contributed by atoms with van der Waals surface area (Å²) >= 11 is 0. The van der Waals surface area contributed by atoms with Gasteiger partial charge >= 0.3 is 0 Å². The zero-order valence-corrected chi connectivity index (χ0v) is 19.1. The first kappa shape index (κ1) is 23.6. The smallest absolute Gasteiger partial charge is 0.232 e. The van der Waals surface area contributed by atoms with Crippen LogP contribution in [0.25, 0.3) is 0 Å². The highest BCUT2D eigenvalue weighted by molar-refractivity contribution is 5.94. The van der Waals surface area contributed by atoms with Gasteiger partial charge in [-0.05, 0) is 48.8 Å². The molecule has 2 N–H and O–H groups in total. The van der Waals surface area contributed by atoms with Crippen molar-refractivity contribution in [3.05, 3.63) is 46.9 Å². The SMILES string of the molecule is C/C=C1/NC(=O)C(C(C)(C)Cc2cc(CC)c[nH]2)/C1=C/CCN(C(C)=O)C(=O)CC. The number of amides is 3. The van der Waals surface area contributed by atoms with Gasteiger partial charge in [0.2, 0.25) is 17.7 Å². The van der Waals surface area contributed by atoms with Gasteiger partial charge in [0.15, 0.2) is 0 Å². The molecule has 0 aromatic carbocycles. The average molecular weight is 414 g/mol. The summed E-state index contributed by atoms with van der Waals surface area (Å²) in [4.78, 5) is 41.3. The lowest BCUT2D eigenvalue weighted by atomic mass is 9.72. The monoisotopic (exact) mass is 413 g/mol. The molecule has 3 amide bonds. The molecule has 1 aromatic heterocycles. The molecule has 0 aliphatic carbocycles. The summed E-state index contributed by atoms with van der Waals surface area (Å²) in [5.41, 5.74) is 3.83. The summed E-state index contributed by atoms with van der Waals surface area (Å²) in [6.07, 6.45) is 8.46. The highest BCUT2D eigenvalue weighted by Gasteiger charge is 2.43. The van der Waals surface area contributed by atoms with Gasteiger partial charge in [0.25, 0.3) is 0 Å². The van der Waals surface area contributed by atoms with Gasteiger partial charge < -0.3 is 10.3 Å². The topological polar surface area (TPSA) is 82.3 Å². The maximum atomic E-state index is 12.9. The second kappa shape index (κ2) is 9.92. The number of nitrogens with zero attached hydrogens (tertiary/aromatic N) is 1. The maximum Gasteiger partial charge on any atom is 0.232 e. The Morgan fingerprint density at radius 2 is 1.97 bits per heavy atom. The van der Waals surface area contributed by atoms with E-state index in [1.807, 2.05) is 25.3 Å². The number of carbonyl (C=O) groups excluding carboxylic acids is 3. The lowest BCUT2D eigenvalue weighted by Crippen LogP contribution is -2.35. The Labute approximate surface area is 179 Å². The predicted octanol–water partition coefficient (Wildman–Crippen LogP) is 3.90. The molecule has 1 unspecified atom stereocenters. The van der Waals surface area contributed by atoms with Crippen LogP contribution in [0.2, 0.25) is 0 Å². The Balaban J connectivity index is 2.25. The first-order chi connectivity index (χ1) is 14.1. The quantitative estimate of drug-likeness (QED) is 0.678. The van der Waals surface area contributed by atoms with Gasteiger partial charge in [-0.2, -0.15) is 0 Å². The molecule has 0 spiro atoms. The molecule has 6 nitrogen and oxygen atoms in total. The fourth-order valence-corrected chi connectivity index (χ4v) is 4.21. The number of allylic oxidation sites excluding steroid dienone is 2. The van der Waals surface area contributed by atoms with Gasteiger partial charge in [-0.25, -0.2) is 0 Å². The Morgan fingerprint density at radius 3 is 2.50 bits per heavy atom. The van der Waals surface area contributed by atoms with Crippen molar-refractivity contribution in [3.8, 4) is 0 Å². The van der Waals surface area contributed by atoms with Crippen molar-refractivity contribution in [1.29, 1.82) is 0 Å². The first-order valence-corrected chi connectivity index (χ1v) is 10.8. The third-order valence-electron chi connectivity index (χ3n) is 5.77. The number of hydrogen-bond donors (Lipinski definition) is 2. The molecule has 1 aromatic rings. The largest absolute Gasteiger partial charge is 0.365 e. The van der Waals surface area contributed by atoms with Gasteiger partial charge in [0, 0.05) is 37.5 Å². The van der Waals surface area contributed by atoms with E-state index in [0.717, 1.165) is 29.8 Å². The third kappa shape index (κ3) is 5.29. The van der Waals surface area contributed by atoms with Crippen LogP contribution < -0.4 is 5.32 Å². The minimum absolute atomic E-state index is 0.00493. The molecule has 30 heavy (non-hydrogen) atoms. The summed E-state index contributed by atoms with van der Waals surface area (Å²) in [5, 5.41) is 3.00. The number of hydrogen-bond acceptors (Lipinski definition) is 3. The van der Waals surface area contributed by atoms with E-state index in [-0.39, 0.29) is 29.1 Å². The van der Waals surface area contributed by atoms with Crippen LogP contribution in [0.1, 0.15) is 65.6 Å². The van der Waals surface area contributed by atoms with E-state index >= 15 is 0 Å². The standard InChI is InChI=1S/C24H35N3O3/c1-7-17-13-18(25-15-17)14-24(5,6)22-19(20(8-2)26-23(22)30)11-10-12-27(16(4)28)21(29)9-3/h8,11,13,15,22,25H,7,9-10,12,14H2,1-6H3,(H,26,30)/b19-11+,20-8+. The lowest BCUT2D eigenvalue weighted by molar-refractivity contribution is -0.143. The van der Waals surface area contributed by atoms with Gasteiger partial charge in [-0.1, -0.05) is 39.8 Å². The number of H-pyrrole nitrogens is 1. The highest BCUT2D eigenvalue weighted by Crippen LogP contribution is 2.42.